The first kappa shape index (κ1) is 16.0. The number of likely N-dealkylation sites (N-methyl/N-ethyl adjacent to an activating group) is 1. The first-order valence-corrected chi connectivity index (χ1v) is 8.49. The van der Waals surface area contributed by atoms with E-state index in [1.54, 1.807) is 0 Å². The molecule has 114 valence electrons. The van der Waals surface area contributed by atoms with Gasteiger partial charge in [-0.15, -0.1) is 0 Å². The van der Waals surface area contributed by atoms with Crippen LogP contribution in [0.4, 0.5) is 0 Å². The molecule has 1 N–H and O–H groups in total. The van der Waals surface area contributed by atoms with Crippen LogP contribution in [-0.4, -0.2) is 39.9 Å². The van der Waals surface area contributed by atoms with E-state index in [1.807, 2.05) is 17.9 Å². The molecule has 2 unspecified atom stereocenters. The van der Waals surface area contributed by atoms with Crippen molar-refractivity contribution in [3.63, 3.8) is 0 Å². The lowest BCUT2D eigenvalue weighted by molar-refractivity contribution is 0.0810. The van der Waals surface area contributed by atoms with Gasteiger partial charge >= 0.3 is 0 Å². The SMILES string of the molecule is CCNC(c1c(Br)cnn1C)C(C)(CC)N1CCCC1. The molecule has 0 bridgehead atoms. The minimum atomic E-state index is 0.128. The van der Waals surface area contributed by atoms with Crippen molar-refractivity contribution < 1.29 is 0 Å². The van der Waals surface area contributed by atoms with Crippen molar-refractivity contribution >= 4 is 15.9 Å². The number of halogens is 1. The second-order valence-electron chi connectivity index (χ2n) is 5.90. The summed E-state index contributed by atoms with van der Waals surface area (Å²) in [6, 6.07) is 0.289. The number of hydrogen-bond acceptors (Lipinski definition) is 3. The molecule has 0 saturated carbocycles. The highest BCUT2D eigenvalue weighted by Gasteiger charge is 2.41. The fraction of sp³-hybridized carbons (Fsp3) is 0.800. The van der Waals surface area contributed by atoms with E-state index in [9.17, 15) is 0 Å². The molecule has 0 aliphatic carbocycles. The lowest BCUT2D eigenvalue weighted by Gasteiger charge is -2.45. The number of likely N-dealkylation sites (tertiary alicyclic amines) is 1. The maximum atomic E-state index is 4.41. The molecule has 2 rings (SSSR count). The van der Waals surface area contributed by atoms with Crippen LogP contribution in [0.1, 0.15) is 51.8 Å². The van der Waals surface area contributed by atoms with Gasteiger partial charge in [0.1, 0.15) is 0 Å². The van der Waals surface area contributed by atoms with Crippen LogP contribution in [-0.2, 0) is 7.05 Å². The molecule has 2 atom stereocenters. The van der Waals surface area contributed by atoms with Crippen molar-refractivity contribution in [2.45, 2.75) is 51.6 Å². The van der Waals surface area contributed by atoms with Gasteiger partial charge in [-0.3, -0.25) is 9.58 Å². The molecular formula is C15H27BrN4. The highest BCUT2D eigenvalue weighted by atomic mass is 79.9. The second kappa shape index (κ2) is 6.58. The number of aryl methyl sites for hydroxylation is 1. The molecular weight excluding hydrogens is 316 g/mol. The zero-order valence-electron chi connectivity index (χ0n) is 13.1. The van der Waals surface area contributed by atoms with E-state index in [4.69, 9.17) is 0 Å². The number of hydrogen-bond donors (Lipinski definition) is 1. The predicted octanol–water partition coefficient (Wildman–Crippen LogP) is 3.10. The van der Waals surface area contributed by atoms with Crippen LogP contribution in [0.15, 0.2) is 10.7 Å². The molecule has 5 heteroatoms. The molecule has 0 amide bonds. The van der Waals surface area contributed by atoms with Crippen LogP contribution in [0.25, 0.3) is 0 Å². The summed E-state index contributed by atoms with van der Waals surface area (Å²) in [5, 5.41) is 8.11. The van der Waals surface area contributed by atoms with Crippen LogP contribution < -0.4 is 5.32 Å². The molecule has 1 aromatic heterocycles. The van der Waals surface area contributed by atoms with Crippen molar-refractivity contribution in [3.05, 3.63) is 16.4 Å². The third-order valence-electron chi connectivity index (χ3n) is 4.79. The Kier molecular flexibility index (Phi) is 5.26. The summed E-state index contributed by atoms with van der Waals surface area (Å²) in [5.74, 6) is 0. The lowest BCUT2D eigenvalue weighted by atomic mass is 9.85. The van der Waals surface area contributed by atoms with E-state index >= 15 is 0 Å². The summed E-state index contributed by atoms with van der Waals surface area (Å²) in [4.78, 5) is 2.65. The Labute approximate surface area is 131 Å². The summed E-state index contributed by atoms with van der Waals surface area (Å²) in [6.07, 6.45) is 5.67. The average molecular weight is 343 g/mol. The van der Waals surface area contributed by atoms with Crippen molar-refractivity contribution in [2.75, 3.05) is 19.6 Å². The summed E-state index contributed by atoms with van der Waals surface area (Å²) >= 11 is 3.68. The molecule has 0 spiro atoms. The zero-order chi connectivity index (χ0) is 14.8. The van der Waals surface area contributed by atoms with Crippen LogP contribution in [0.5, 0.6) is 0 Å². The Bertz CT molecular complexity index is 420. The predicted molar refractivity (Wildman–Crippen MR) is 86.8 cm³/mol. The number of aromatic nitrogens is 2. The number of nitrogens with zero attached hydrogens (tertiary/aromatic N) is 3. The number of rotatable bonds is 6. The molecule has 1 aliphatic rings. The highest BCUT2D eigenvalue weighted by Crippen LogP contribution is 2.38. The molecule has 0 radical (unpaired) electrons. The van der Waals surface area contributed by atoms with Gasteiger partial charge in [0.2, 0.25) is 0 Å². The van der Waals surface area contributed by atoms with Gasteiger partial charge in [-0.25, -0.2) is 0 Å². The largest absolute Gasteiger partial charge is 0.307 e. The zero-order valence-corrected chi connectivity index (χ0v) is 14.7. The highest BCUT2D eigenvalue weighted by molar-refractivity contribution is 9.10. The van der Waals surface area contributed by atoms with Gasteiger partial charge in [0.05, 0.1) is 22.4 Å². The quantitative estimate of drug-likeness (QED) is 0.862. The molecule has 1 fully saturated rings. The third-order valence-corrected chi connectivity index (χ3v) is 5.40. The minimum absolute atomic E-state index is 0.128. The molecule has 0 aromatic carbocycles. The molecule has 2 heterocycles. The van der Waals surface area contributed by atoms with Crippen molar-refractivity contribution in [1.82, 2.24) is 20.0 Å². The lowest BCUT2D eigenvalue weighted by Crippen LogP contribution is -2.54. The summed E-state index contributed by atoms with van der Waals surface area (Å²) in [5.41, 5.74) is 1.38. The van der Waals surface area contributed by atoms with E-state index in [0.717, 1.165) is 17.4 Å². The van der Waals surface area contributed by atoms with E-state index in [0.29, 0.717) is 0 Å². The molecule has 1 saturated heterocycles. The topological polar surface area (TPSA) is 33.1 Å². The van der Waals surface area contributed by atoms with Gasteiger partial charge in [-0.2, -0.15) is 5.10 Å². The van der Waals surface area contributed by atoms with Crippen molar-refractivity contribution in [3.8, 4) is 0 Å². The molecule has 1 aliphatic heterocycles. The van der Waals surface area contributed by atoms with Crippen molar-refractivity contribution in [2.24, 2.45) is 7.05 Å². The standard InChI is InChI=1S/C15H27BrN4/c1-5-15(3,20-9-7-8-10-20)14(17-6-2)13-12(16)11-18-19(13)4/h11,14,17H,5-10H2,1-4H3. The van der Waals surface area contributed by atoms with Crippen LogP contribution in [0.2, 0.25) is 0 Å². The summed E-state index contributed by atoms with van der Waals surface area (Å²) in [7, 11) is 2.03. The fourth-order valence-electron chi connectivity index (χ4n) is 3.40. The van der Waals surface area contributed by atoms with E-state index in [2.05, 4.69) is 52.0 Å². The average Bonchev–Trinajstić information content (AvgIpc) is 3.07. The maximum Gasteiger partial charge on any atom is 0.0711 e. The Morgan fingerprint density at radius 2 is 2.05 bits per heavy atom. The Balaban J connectivity index is 2.39. The van der Waals surface area contributed by atoms with Crippen LogP contribution >= 0.6 is 15.9 Å². The van der Waals surface area contributed by atoms with Crippen LogP contribution in [0, 0.1) is 0 Å². The van der Waals surface area contributed by atoms with Gasteiger partial charge in [-0.05, 0) is 61.8 Å². The van der Waals surface area contributed by atoms with Crippen molar-refractivity contribution in [1.29, 1.82) is 0 Å². The monoisotopic (exact) mass is 342 g/mol. The van der Waals surface area contributed by atoms with E-state index < -0.39 is 0 Å². The van der Waals surface area contributed by atoms with Gasteiger partial charge in [0.25, 0.3) is 0 Å². The first-order chi connectivity index (χ1) is 9.54. The third kappa shape index (κ3) is 2.81. The van der Waals surface area contributed by atoms with Gasteiger partial charge in [0.15, 0.2) is 0 Å². The summed E-state index contributed by atoms with van der Waals surface area (Å²) in [6.45, 7) is 10.3. The van der Waals surface area contributed by atoms with Gasteiger partial charge in [-0.1, -0.05) is 13.8 Å². The van der Waals surface area contributed by atoms with E-state index in [1.165, 1.54) is 31.6 Å². The van der Waals surface area contributed by atoms with Gasteiger partial charge in [0, 0.05) is 12.6 Å². The van der Waals surface area contributed by atoms with Crippen LogP contribution in [0.3, 0.4) is 0 Å². The first-order valence-electron chi connectivity index (χ1n) is 7.70. The molecule has 20 heavy (non-hydrogen) atoms. The van der Waals surface area contributed by atoms with E-state index in [-0.39, 0.29) is 11.6 Å². The maximum absolute atomic E-state index is 4.41. The number of nitrogens with one attached hydrogen (secondary N) is 1. The Morgan fingerprint density at radius 3 is 2.50 bits per heavy atom. The molecule has 1 aromatic rings. The Hall–Kier alpha value is -0.390. The molecule has 4 nitrogen and oxygen atoms in total. The fourth-order valence-corrected chi connectivity index (χ4v) is 3.98. The minimum Gasteiger partial charge on any atom is -0.307 e. The smallest absolute Gasteiger partial charge is 0.0711 e. The Morgan fingerprint density at radius 1 is 1.40 bits per heavy atom. The van der Waals surface area contributed by atoms with Gasteiger partial charge < -0.3 is 5.32 Å². The summed E-state index contributed by atoms with van der Waals surface area (Å²) < 4.78 is 3.10. The normalized spacial score (nSPS) is 21.1. The second-order valence-corrected chi connectivity index (χ2v) is 6.75.